The second kappa shape index (κ2) is 6.49. The number of halogens is 2. The molecule has 0 spiro atoms. The first-order valence-electron chi connectivity index (χ1n) is 7.57. The summed E-state index contributed by atoms with van der Waals surface area (Å²) < 4.78 is 1.32. The summed E-state index contributed by atoms with van der Waals surface area (Å²) in [6.07, 6.45) is 3.51. The van der Waals surface area contributed by atoms with Gasteiger partial charge in [0.2, 0.25) is 5.91 Å². The minimum absolute atomic E-state index is 0.0153. The van der Waals surface area contributed by atoms with E-state index in [1.54, 1.807) is 6.07 Å². The van der Waals surface area contributed by atoms with E-state index in [1.165, 1.54) is 17.0 Å². The first-order chi connectivity index (χ1) is 11.0. The van der Waals surface area contributed by atoms with E-state index in [9.17, 15) is 9.59 Å². The predicted molar refractivity (Wildman–Crippen MR) is 91.0 cm³/mol. The molecule has 122 valence electrons. The summed E-state index contributed by atoms with van der Waals surface area (Å²) in [6.45, 7) is 3.61. The van der Waals surface area contributed by atoms with Crippen LogP contribution < -0.4 is 5.56 Å². The number of hydrogen-bond acceptors (Lipinski definition) is 3. The number of likely N-dealkylation sites (tertiary alicyclic amines) is 1. The molecule has 0 unspecified atom stereocenters. The summed E-state index contributed by atoms with van der Waals surface area (Å²) in [7, 11) is 0. The third kappa shape index (κ3) is 3.35. The van der Waals surface area contributed by atoms with E-state index in [-0.39, 0.29) is 18.0 Å². The Bertz CT molecular complexity index is 819. The Hall–Kier alpha value is -1.59. The monoisotopic (exact) mass is 353 g/mol. The van der Waals surface area contributed by atoms with Gasteiger partial charge in [-0.15, -0.1) is 0 Å². The lowest BCUT2D eigenvalue weighted by Gasteiger charge is -2.31. The molecular weight excluding hydrogens is 337 g/mol. The van der Waals surface area contributed by atoms with Gasteiger partial charge < -0.3 is 4.90 Å². The summed E-state index contributed by atoms with van der Waals surface area (Å²) in [5, 5.41) is 1.02. The number of piperidine rings is 1. The van der Waals surface area contributed by atoms with Gasteiger partial charge in [0, 0.05) is 18.1 Å². The quantitative estimate of drug-likeness (QED) is 0.833. The van der Waals surface area contributed by atoms with Crippen molar-refractivity contribution in [2.24, 2.45) is 5.92 Å². The maximum atomic E-state index is 12.6. The van der Waals surface area contributed by atoms with Crippen molar-refractivity contribution in [1.29, 1.82) is 0 Å². The first kappa shape index (κ1) is 16.3. The smallest absolute Gasteiger partial charge is 0.261 e. The number of aromatic nitrogens is 2. The lowest BCUT2D eigenvalue weighted by atomic mass is 10.0. The highest BCUT2D eigenvalue weighted by Gasteiger charge is 2.21. The fourth-order valence-corrected chi connectivity index (χ4v) is 3.51. The molecule has 1 aromatic heterocycles. The number of amides is 1. The largest absolute Gasteiger partial charge is 0.341 e. The van der Waals surface area contributed by atoms with Gasteiger partial charge in [-0.1, -0.05) is 30.1 Å². The lowest BCUT2D eigenvalue weighted by molar-refractivity contribution is -0.133. The molecule has 3 rings (SSSR count). The SMILES string of the molecule is C[C@@H]1CCCN(C(=O)Cn2cnc3c(Cl)cc(Cl)cc3c2=O)C1. The summed E-state index contributed by atoms with van der Waals surface area (Å²) in [6, 6.07) is 3.07. The van der Waals surface area contributed by atoms with Crippen molar-refractivity contribution in [2.45, 2.75) is 26.3 Å². The molecule has 1 atom stereocenters. The summed E-state index contributed by atoms with van der Waals surface area (Å²) in [5.74, 6) is 0.435. The zero-order chi connectivity index (χ0) is 16.6. The second-order valence-corrected chi connectivity index (χ2v) is 6.89. The fraction of sp³-hybridized carbons (Fsp3) is 0.438. The third-order valence-corrected chi connectivity index (χ3v) is 4.67. The lowest BCUT2D eigenvalue weighted by Crippen LogP contribution is -2.42. The van der Waals surface area contributed by atoms with Gasteiger partial charge >= 0.3 is 0 Å². The van der Waals surface area contributed by atoms with Crippen molar-refractivity contribution >= 4 is 40.0 Å². The Balaban J connectivity index is 1.90. The minimum Gasteiger partial charge on any atom is -0.341 e. The number of hydrogen-bond donors (Lipinski definition) is 0. The van der Waals surface area contributed by atoms with Gasteiger partial charge in [0.1, 0.15) is 6.54 Å². The van der Waals surface area contributed by atoms with Gasteiger partial charge in [-0.25, -0.2) is 4.98 Å². The molecule has 1 aromatic carbocycles. The van der Waals surface area contributed by atoms with Gasteiger partial charge in [0.05, 0.1) is 22.3 Å². The van der Waals surface area contributed by atoms with Crippen LogP contribution in [-0.2, 0) is 11.3 Å². The van der Waals surface area contributed by atoms with Crippen molar-refractivity contribution in [2.75, 3.05) is 13.1 Å². The van der Waals surface area contributed by atoms with Crippen molar-refractivity contribution in [3.05, 3.63) is 38.9 Å². The highest BCUT2D eigenvalue weighted by molar-refractivity contribution is 6.38. The van der Waals surface area contributed by atoms with Crippen LogP contribution in [0, 0.1) is 5.92 Å². The normalized spacial score (nSPS) is 18.4. The number of rotatable bonds is 2. The van der Waals surface area contributed by atoms with Crippen molar-refractivity contribution < 1.29 is 4.79 Å². The zero-order valence-corrected chi connectivity index (χ0v) is 14.3. The maximum Gasteiger partial charge on any atom is 0.261 e. The van der Waals surface area contributed by atoms with E-state index in [0.29, 0.717) is 26.9 Å². The van der Waals surface area contributed by atoms with Crippen LogP contribution in [0.15, 0.2) is 23.3 Å². The summed E-state index contributed by atoms with van der Waals surface area (Å²) in [5.41, 5.74) is 0.0918. The third-order valence-electron chi connectivity index (χ3n) is 4.16. The van der Waals surface area contributed by atoms with E-state index in [1.807, 2.05) is 4.90 Å². The van der Waals surface area contributed by atoms with Gasteiger partial charge in [-0.05, 0) is 30.9 Å². The zero-order valence-electron chi connectivity index (χ0n) is 12.8. The molecule has 1 aliphatic heterocycles. The van der Waals surface area contributed by atoms with Crippen LogP contribution in [0.25, 0.3) is 10.9 Å². The molecule has 5 nitrogen and oxygen atoms in total. The molecule has 23 heavy (non-hydrogen) atoms. The highest BCUT2D eigenvalue weighted by Crippen LogP contribution is 2.24. The predicted octanol–water partition coefficient (Wildman–Crippen LogP) is 2.96. The Kier molecular flexibility index (Phi) is 4.60. The van der Waals surface area contributed by atoms with Crippen molar-refractivity contribution in [3.63, 3.8) is 0 Å². The van der Waals surface area contributed by atoms with Gasteiger partial charge in [0.25, 0.3) is 5.56 Å². The minimum atomic E-state index is -0.308. The van der Waals surface area contributed by atoms with Gasteiger partial charge in [-0.2, -0.15) is 0 Å². The van der Waals surface area contributed by atoms with Crippen LogP contribution >= 0.6 is 23.2 Å². The molecule has 2 aromatic rings. The van der Waals surface area contributed by atoms with Crippen molar-refractivity contribution in [3.8, 4) is 0 Å². The summed E-state index contributed by atoms with van der Waals surface area (Å²) in [4.78, 5) is 31.0. The molecule has 1 aliphatic rings. The van der Waals surface area contributed by atoms with Crippen LogP contribution in [0.4, 0.5) is 0 Å². The van der Waals surface area contributed by atoms with Gasteiger partial charge in [0.15, 0.2) is 0 Å². The van der Waals surface area contributed by atoms with E-state index < -0.39 is 0 Å². The molecule has 0 aliphatic carbocycles. The van der Waals surface area contributed by atoms with Crippen molar-refractivity contribution in [1.82, 2.24) is 14.5 Å². The molecular formula is C16H17Cl2N3O2. The van der Waals surface area contributed by atoms with Gasteiger partial charge in [-0.3, -0.25) is 14.2 Å². The van der Waals surface area contributed by atoms with E-state index in [2.05, 4.69) is 11.9 Å². The van der Waals surface area contributed by atoms with Crippen LogP contribution in [0.2, 0.25) is 10.0 Å². The molecule has 0 N–H and O–H groups in total. The van der Waals surface area contributed by atoms with E-state index >= 15 is 0 Å². The van der Waals surface area contributed by atoms with Crippen LogP contribution in [-0.4, -0.2) is 33.4 Å². The Morgan fingerprint density at radius 2 is 2.17 bits per heavy atom. The Morgan fingerprint density at radius 3 is 2.91 bits per heavy atom. The maximum absolute atomic E-state index is 12.6. The second-order valence-electron chi connectivity index (χ2n) is 6.05. The molecule has 0 saturated carbocycles. The number of carbonyl (C=O) groups is 1. The molecule has 1 saturated heterocycles. The highest BCUT2D eigenvalue weighted by atomic mass is 35.5. The van der Waals surface area contributed by atoms with E-state index in [4.69, 9.17) is 23.2 Å². The van der Waals surface area contributed by atoms with Crippen LogP contribution in [0.3, 0.4) is 0 Å². The number of carbonyl (C=O) groups excluding carboxylic acids is 1. The molecule has 1 fully saturated rings. The molecule has 2 heterocycles. The topological polar surface area (TPSA) is 55.2 Å². The van der Waals surface area contributed by atoms with Crippen LogP contribution in [0.1, 0.15) is 19.8 Å². The molecule has 0 bridgehead atoms. The number of fused-ring (bicyclic) bond motifs is 1. The van der Waals surface area contributed by atoms with Crippen LogP contribution in [0.5, 0.6) is 0 Å². The number of nitrogens with zero attached hydrogens (tertiary/aromatic N) is 3. The fourth-order valence-electron chi connectivity index (χ4n) is 2.97. The summed E-state index contributed by atoms with van der Waals surface area (Å²) >= 11 is 12.0. The number of benzene rings is 1. The molecule has 1 amide bonds. The average molecular weight is 354 g/mol. The molecule has 0 radical (unpaired) electrons. The Morgan fingerprint density at radius 1 is 1.39 bits per heavy atom. The van der Waals surface area contributed by atoms with E-state index in [0.717, 1.165) is 25.9 Å². The average Bonchev–Trinajstić information content (AvgIpc) is 2.50. The standard InChI is InChI=1S/C16H17Cl2N3O2/c1-10-3-2-4-20(7-10)14(22)8-21-9-19-15-12(16(21)23)5-11(17)6-13(15)18/h5-6,9-10H,2-4,7-8H2,1H3/t10-/m1/s1. The first-order valence-corrected chi connectivity index (χ1v) is 8.33. The Labute approximate surface area is 143 Å². The molecule has 7 heteroatoms.